The summed E-state index contributed by atoms with van der Waals surface area (Å²) in [6, 6.07) is 0. The van der Waals surface area contributed by atoms with Crippen molar-refractivity contribution in [1.29, 1.82) is 0 Å². The van der Waals surface area contributed by atoms with E-state index in [2.05, 4.69) is 21.7 Å². The van der Waals surface area contributed by atoms with Crippen LogP contribution in [0.25, 0.3) is 0 Å². The minimum atomic E-state index is 0.0293. The first-order valence-corrected chi connectivity index (χ1v) is 7.49. The van der Waals surface area contributed by atoms with Gasteiger partial charge in [0.2, 0.25) is 0 Å². The van der Waals surface area contributed by atoms with Crippen molar-refractivity contribution in [2.45, 2.75) is 26.3 Å². The molecular formula is C14H25N5O. The molecular weight excluding hydrogens is 254 g/mol. The van der Waals surface area contributed by atoms with E-state index in [9.17, 15) is 4.79 Å². The van der Waals surface area contributed by atoms with Crippen LogP contribution in [-0.2, 0) is 6.54 Å². The van der Waals surface area contributed by atoms with Crippen LogP contribution in [0.2, 0.25) is 0 Å². The molecule has 0 aromatic carbocycles. The van der Waals surface area contributed by atoms with Gasteiger partial charge in [0.1, 0.15) is 0 Å². The molecule has 0 unspecified atom stereocenters. The maximum absolute atomic E-state index is 12.4. The molecule has 1 saturated heterocycles. The SMILES string of the molecule is CCCn1ccnc(N2CCCN(CCN)CC2)c1=O. The minimum Gasteiger partial charge on any atom is -0.351 e. The molecule has 6 nitrogen and oxygen atoms in total. The van der Waals surface area contributed by atoms with Crippen molar-refractivity contribution >= 4 is 5.82 Å². The standard InChI is InChI=1S/C14H25N5O/c1-2-6-19-10-5-16-13(14(19)20)18-8-3-7-17(9-4-15)11-12-18/h5,10H,2-4,6-9,11-12,15H2,1H3. The number of hydrogen-bond donors (Lipinski definition) is 1. The van der Waals surface area contributed by atoms with E-state index in [4.69, 9.17) is 5.73 Å². The number of aryl methyl sites for hydroxylation is 1. The van der Waals surface area contributed by atoms with E-state index in [-0.39, 0.29) is 5.56 Å². The first-order valence-electron chi connectivity index (χ1n) is 7.49. The summed E-state index contributed by atoms with van der Waals surface area (Å²) in [6.45, 7) is 8.16. The van der Waals surface area contributed by atoms with E-state index in [1.807, 2.05) is 0 Å². The number of hydrogen-bond acceptors (Lipinski definition) is 5. The molecule has 6 heteroatoms. The minimum absolute atomic E-state index is 0.0293. The molecule has 0 aliphatic carbocycles. The largest absolute Gasteiger partial charge is 0.351 e. The second kappa shape index (κ2) is 7.40. The molecule has 1 aromatic heterocycles. The normalized spacial score (nSPS) is 17.2. The summed E-state index contributed by atoms with van der Waals surface area (Å²) in [5.74, 6) is 0.593. The van der Waals surface area contributed by atoms with Gasteiger partial charge >= 0.3 is 0 Å². The lowest BCUT2D eigenvalue weighted by molar-refractivity contribution is 0.302. The van der Waals surface area contributed by atoms with Gasteiger partial charge in [-0.15, -0.1) is 0 Å². The maximum Gasteiger partial charge on any atom is 0.293 e. The van der Waals surface area contributed by atoms with Crippen LogP contribution in [0.15, 0.2) is 17.2 Å². The second-order valence-corrected chi connectivity index (χ2v) is 5.22. The van der Waals surface area contributed by atoms with Gasteiger partial charge in [-0.1, -0.05) is 6.92 Å². The number of nitrogens with two attached hydrogens (primary N) is 1. The van der Waals surface area contributed by atoms with E-state index in [1.165, 1.54) is 0 Å². The van der Waals surface area contributed by atoms with Gasteiger partial charge in [0, 0.05) is 51.7 Å². The van der Waals surface area contributed by atoms with E-state index in [0.29, 0.717) is 12.4 Å². The number of anilines is 1. The molecule has 1 aliphatic heterocycles. The smallest absolute Gasteiger partial charge is 0.293 e. The molecule has 1 aromatic rings. The van der Waals surface area contributed by atoms with E-state index in [0.717, 1.165) is 52.1 Å². The Morgan fingerprint density at radius 2 is 2.10 bits per heavy atom. The fraction of sp³-hybridized carbons (Fsp3) is 0.714. The molecule has 20 heavy (non-hydrogen) atoms. The van der Waals surface area contributed by atoms with Gasteiger partial charge in [0.05, 0.1) is 0 Å². The summed E-state index contributed by atoms with van der Waals surface area (Å²) in [5, 5.41) is 0. The van der Waals surface area contributed by atoms with E-state index < -0.39 is 0 Å². The van der Waals surface area contributed by atoms with Crippen molar-refractivity contribution in [1.82, 2.24) is 14.5 Å². The lowest BCUT2D eigenvalue weighted by atomic mass is 10.3. The Balaban J connectivity index is 2.11. The molecule has 2 rings (SSSR count). The topological polar surface area (TPSA) is 67.4 Å². The van der Waals surface area contributed by atoms with Gasteiger partial charge in [0.15, 0.2) is 5.82 Å². The number of aromatic nitrogens is 2. The zero-order chi connectivity index (χ0) is 14.4. The van der Waals surface area contributed by atoms with Gasteiger partial charge < -0.3 is 20.1 Å². The molecule has 2 heterocycles. The average molecular weight is 279 g/mol. The molecule has 112 valence electrons. The number of rotatable bonds is 5. The first kappa shape index (κ1) is 15.0. The van der Waals surface area contributed by atoms with Gasteiger partial charge in [0.25, 0.3) is 5.56 Å². The Morgan fingerprint density at radius 1 is 1.25 bits per heavy atom. The zero-order valence-corrected chi connectivity index (χ0v) is 12.3. The second-order valence-electron chi connectivity index (χ2n) is 5.22. The first-order chi connectivity index (χ1) is 9.76. The summed E-state index contributed by atoms with van der Waals surface area (Å²) in [4.78, 5) is 21.2. The third kappa shape index (κ3) is 3.58. The highest BCUT2D eigenvalue weighted by molar-refractivity contribution is 5.35. The van der Waals surface area contributed by atoms with Crippen LogP contribution >= 0.6 is 0 Å². The summed E-state index contributed by atoms with van der Waals surface area (Å²) in [7, 11) is 0. The van der Waals surface area contributed by atoms with Crippen molar-refractivity contribution in [2.75, 3.05) is 44.2 Å². The summed E-state index contributed by atoms with van der Waals surface area (Å²) in [5.41, 5.74) is 5.64. The van der Waals surface area contributed by atoms with Crippen LogP contribution in [0.3, 0.4) is 0 Å². The van der Waals surface area contributed by atoms with E-state index >= 15 is 0 Å². The monoisotopic (exact) mass is 279 g/mol. The predicted octanol–water partition coefficient (Wildman–Crippen LogP) is 0.124. The molecule has 2 N–H and O–H groups in total. The highest BCUT2D eigenvalue weighted by Crippen LogP contribution is 2.09. The fourth-order valence-corrected chi connectivity index (χ4v) is 2.66. The quantitative estimate of drug-likeness (QED) is 0.829. The molecule has 0 amide bonds. The maximum atomic E-state index is 12.4. The third-order valence-corrected chi connectivity index (χ3v) is 3.69. The van der Waals surface area contributed by atoms with Crippen molar-refractivity contribution in [3.8, 4) is 0 Å². The molecule has 0 atom stereocenters. The van der Waals surface area contributed by atoms with Crippen LogP contribution in [-0.4, -0.2) is 53.7 Å². The lowest BCUT2D eigenvalue weighted by Crippen LogP contribution is -2.37. The van der Waals surface area contributed by atoms with E-state index in [1.54, 1.807) is 17.0 Å². The predicted molar refractivity (Wildman–Crippen MR) is 81.1 cm³/mol. The van der Waals surface area contributed by atoms with Crippen LogP contribution in [0, 0.1) is 0 Å². The van der Waals surface area contributed by atoms with Gasteiger partial charge in [-0.3, -0.25) is 4.79 Å². The molecule has 1 aliphatic rings. The molecule has 0 spiro atoms. The average Bonchev–Trinajstić information content (AvgIpc) is 2.68. The van der Waals surface area contributed by atoms with Crippen molar-refractivity contribution in [3.05, 3.63) is 22.7 Å². The summed E-state index contributed by atoms with van der Waals surface area (Å²) in [6.07, 6.45) is 5.50. The van der Waals surface area contributed by atoms with Gasteiger partial charge in [-0.2, -0.15) is 0 Å². The Labute approximate surface area is 120 Å². The Hall–Kier alpha value is -1.40. The van der Waals surface area contributed by atoms with Crippen molar-refractivity contribution in [3.63, 3.8) is 0 Å². The highest BCUT2D eigenvalue weighted by Gasteiger charge is 2.18. The van der Waals surface area contributed by atoms with Crippen LogP contribution < -0.4 is 16.2 Å². The Kier molecular flexibility index (Phi) is 5.55. The fourth-order valence-electron chi connectivity index (χ4n) is 2.66. The molecule has 0 saturated carbocycles. The molecule has 0 radical (unpaired) electrons. The Morgan fingerprint density at radius 3 is 2.85 bits per heavy atom. The van der Waals surface area contributed by atoms with Crippen LogP contribution in [0.4, 0.5) is 5.82 Å². The van der Waals surface area contributed by atoms with Crippen LogP contribution in [0.5, 0.6) is 0 Å². The lowest BCUT2D eigenvalue weighted by Gasteiger charge is -2.22. The van der Waals surface area contributed by atoms with Crippen LogP contribution in [0.1, 0.15) is 19.8 Å². The van der Waals surface area contributed by atoms with Gasteiger partial charge in [-0.05, 0) is 19.4 Å². The summed E-state index contributed by atoms with van der Waals surface area (Å²) >= 11 is 0. The van der Waals surface area contributed by atoms with Gasteiger partial charge in [-0.25, -0.2) is 4.98 Å². The van der Waals surface area contributed by atoms with Crippen molar-refractivity contribution in [2.24, 2.45) is 5.73 Å². The molecule has 1 fully saturated rings. The Bertz CT molecular complexity index is 473. The van der Waals surface area contributed by atoms with Crippen molar-refractivity contribution < 1.29 is 0 Å². The zero-order valence-electron chi connectivity index (χ0n) is 12.3. The highest BCUT2D eigenvalue weighted by atomic mass is 16.1. The molecule has 0 bridgehead atoms. The number of nitrogens with zero attached hydrogens (tertiary/aromatic N) is 4. The third-order valence-electron chi connectivity index (χ3n) is 3.69. The summed E-state index contributed by atoms with van der Waals surface area (Å²) < 4.78 is 1.75.